The van der Waals surface area contributed by atoms with E-state index in [4.69, 9.17) is 4.74 Å². The van der Waals surface area contributed by atoms with Crippen molar-refractivity contribution in [1.29, 1.82) is 0 Å². The largest absolute Gasteiger partial charge is 0.497 e. The van der Waals surface area contributed by atoms with E-state index >= 15 is 0 Å². The number of methoxy groups -OCH3 is 1. The number of allylic oxidation sites excluding steroid dienone is 1. The van der Waals surface area contributed by atoms with Gasteiger partial charge in [-0.2, -0.15) is 0 Å². The molecule has 4 heteroatoms. The van der Waals surface area contributed by atoms with Crippen molar-refractivity contribution in [3.05, 3.63) is 41.7 Å². The number of hydrogen-bond donors (Lipinski definition) is 2. The molecule has 1 aromatic carbocycles. The van der Waals surface area contributed by atoms with Crippen molar-refractivity contribution in [1.82, 2.24) is 10.6 Å². The number of hydrogen-bond acceptors (Lipinski definition) is 3. The lowest BCUT2D eigenvalue weighted by molar-refractivity contribution is 0.0963. The van der Waals surface area contributed by atoms with Gasteiger partial charge in [0, 0.05) is 24.0 Å². The predicted octanol–water partition coefficient (Wildman–Crippen LogP) is 1.65. The summed E-state index contributed by atoms with van der Waals surface area (Å²) in [5, 5.41) is 6.00. The maximum Gasteiger partial charge on any atom is 0.255 e. The lowest BCUT2D eigenvalue weighted by Gasteiger charge is -2.15. The number of carbonyl (C=O) groups is 1. The first-order chi connectivity index (χ1) is 8.29. The van der Waals surface area contributed by atoms with E-state index in [1.54, 1.807) is 25.3 Å². The molecule has 1 amide bonds. The first-order valence-electron chi connectivity index (χ1n) is 5.67. The molecule has 0 unspecified atom stereocenters. The summed E-state index contributed by atoms with van der Waals surface area (Å²) in [6.45, 7) is 0.971. The molecule has 0 saturated carbocycles. The highest BCUT2D eigenvalue weighted by atomic mass is 16.5. The lowest BCUT2D eigenvalue weighted by Crippen LogP contribution is -2.27. The summed E-state index contributed by atoms with van der Waals surface area (Å²) in [6.07, 6.45) is 3.81. The van der Waals surface area contributed by atoms with Gasteiger partial charge in [-0.15, -0.1) is 0 Å². The van der Waals surface area contributed by atoms with Crippen molar-refractivity contribution in [3.8, 4) is 5.75 Å². The third kappa shape index (κ3) is 3.00. The van der Waals surface area contributed by atoms with Crippen LogP contribution in [-0.2, 0) is 0 Å². The molecule has 0 aromatic heterocycles. The number of nitrogens with one attached hydrogen (secondary N) is 2. The molecule has 2 rings (SSSR count). The summed E-state index contributed by atoms with van der Waals surface area (Å²) in [4.78, 5) is 11.9. The van der Waals surface area contributed by atoms with E-state index in [1.807, 2.05) is 12.3 Å². The van der Waals surface area contributed by atoms with Crippen LogP contribution in [0.5, 0.6) is 5.75 Å². The maximum absolute atomic E-state index is 11.9. The summed E-state index contributed by atoms with van der Waals surface area (Å²) < 4.78 is 5.09. The van der Waals surface area contributed by atoms with Crippen LogP contribution in [0.15, 0.2) is 36.2 Å². The maximum atomic E-state index is 11.9. The minimum atomic E-state index is -0.0983. The molecule has 1 aliphatic heterocycles. The monoisotopic (exact) mass is 232 g/mol. The van der Waals surface area contributed by atoms with Gasteiger partial charge >= 0.3 is 0 Å². The minimum Gasteiger partial charge on any atom is -0.497 e. The highest BCUT2D eigenvalue weighted by molar-refractivity contribution is 5.95. The smallest absolute Gasteiger partial charge is 0.255 e. The Labute approximate surface area is 101 Å². The lowest BCUT2D eigenvalue weighted by atomic mass is 10.1. The van der Waals surface area contributed by atoms with Crippen LogP contribution in [0.1, 0.15) is 23.2 Å². The highest BCUT2D eigenvalue weighted by Gasteiger charge is 2.10. The number of benzene rings is 1. The predicted molar refractivity (Wildman–Crippen MR) is 65.8 cm³/mol. The zero-order valence-corrected chi connectivity index (χ0v) is 9.82. The van der Waals surface area contributed by atoms with Crippen molar-refractivity contribution < 1.29 is 9.53 Å². The van der Waals surface area contributed by atoms with Gasteiger partial charge in [0.2, 0.25) is 0 Å². The van der Waals surface area contributed by atoms with Gasteiger partial charge in [-0.25, -0.2) is 0 Å². The molecule has 0 spiro atoms. The molecule has 2 N–H and O–H groups in total. The second kappa shape index (κ2) is 5.39. The average molecular weight is 232 g/mol. The first kappa shape index (κ1) is 11.5. The van der Waals surface area contributed by atoms with E-state index in [2.05, 4.69) is 10.6 Å². The van der Waals surface area contributed by atoms with Crippen LogP contribution >= 0.6 is 0 Å². The van der Waals surface area contributed by atoms with Gasteiger partial charge in [0.15, 0.2) is 0 Å². The van der Waals surface area contributed by atoms with E-state index in [1.165, 1.54) is 0 Å². The van der Waals surface area contributed by atoms with Crippen LogP contribution in [-0.4, -0.2) is 19.6 Å². The number of amides is 1. The third-order valence-electron chi connectivity index (χ3n) is 2.65. The van der Waals surface area contributed by atoms with Gasteiger partial charge in [-0.1, -0.05) is 6.07 Å². The Morgan fingerprint density at radius 3 is 3.06 bits per heavy atom. The number of ether oxygens (including phenoxy) is 1. The fourth-order valence-electron chi connectivity index (χ4n) is 1.73. The Balaban J connectivity index is 2.05. The van der Waals surface area contributed by atoms with Crippen LogP contribution in [0, 0.1) is 0 Å². The third-order valence-corrected chi connectivity index (χ3v) is 2.65. The van der Waals surface area contributed by atoms with Crippen molar-refractivity contribution in [2.75, 3.05) is 13.7 Å². The van der Waals surface area contributed by atoms with Crippen molar-refractivity contribution in [3.63, 3.8) is 0 Å². The van der Waals surface area contributed by atoms with Crippen LogP contribution in [0.4, 0.5) is 0 Å². The minimum absolute atomic E-state index is 0.0983. The molecule has 0 bridgehead atoms. The average Bonchev–Trinajstić information content (AvgIpc) is 2.40. The summed E-state index contributed by atoms with van der Waals surface area (Å²) in [5.41, 5.74) is 1.54. The number of carbonyl (C=O) groups excluding carboxylic acids is 1. The molecular weight excluding hydrogens is 216 g/mol. The molecule has 0 saturated heterocycles. The molecule has 1 heterocycles. The van der Waals surface area contributed by atoms with Gasteiger partial charge in [-0.3, -0.25) is 4.79 Å². The summed E-state index contributed by atoms with van der Waals surface area (Å²) >= 11 is 0. The second-order valence-electron chi connectivity index (χ2n) is 3.91. The highest BCUT2D eigenvalue weighted by Crippen LogP contribution is 2.13. The SMILES string of the molecule is COc1cccc(C(=O)NC2=CNCCC2)c1. The van der Waals surface area contributed by atoms with Gasteiger partial charge in [0.05, 0.1) is 7.11 Å². The molecule has 0 fully saturated rings. The van der Waals surface area contributed by atoms with E-state index in [-0.39, 0.29) is 5.91 Å². The summed E-state index contributed by atoms with van der Waals surface area (Å²) in [5.74, 6) is 0.590. The van der Waals surface area contributed by atoms with Crippen LogP contribution in [0.25, 0.3) is 0 Å². The van der Waals surface area contributed by atoms with Crippen LogP contribution in [0.3, 0.4) is 0 Å². The van der Waals surface area contributed by atoms with Crippen LogP contribution in [0.2, 0.25) is 0 Å². The van der Waals surface area contributed by atoms with Crippen molar-refractivity contribution in [2.45, 2.75) is 12.8 Å². The van der Waals surface area contributed by atoms with Crippen molar-refractivity contribution in [2.24, 2.45) is 0 Å². The Morgan fingerprint density at radius 2 is 2.35 bits per heavy atom. The molecule has 17 heavy (non-hydrogen) atoms. The molecule has 1 aromatic rings. The topological polar surface area (TPSA) is 50.4 Å². The molecule has 90 valence electrons. The molecule has 0 atom stereocenters. The van der Waals surface area contributed by atoms with Gasteiger partial charge in [0.25, 0.3) is 5.91 Å². The summed E-state index contributed by atoms with van der Waals surface area (Å²) in [7, 11) is 1.59. The van der Waals surface area contributed by atoms with E-state index in [9.17, 15) is 4.79 Å². The standard InChI is InChI=1S/C13H16N2O2/c1-17-12-6-2-4-10(8-12)13(16)15-11-5-3-7-14-9-11/h2,4,6,8-9,14H,3,5,7H2,1H3,(H,15,16). The molecule has 0 aliphatic carbocycles. The fraction of sp³-hybridized carbons (Fsp3) is 0.308. The second-order valence-corrected chi connectivity index (χ2v) is 3.91. The Bertz CT molecular complexity index is 441. The summed E-state index contributed by atoms with van der Waals surface area (Å²) in [6, 6.07) is 7.13. The first-order valence-corrected chi connectivity index (χ1v) is 5.67. The Hall–Kier alpha value is -1.97. The fourth-order valence-corrected chi connectivity index (χ4v) is 1.73. The van der Waals surface area contributed by atoms with Gasteiger partial charge < -0.3 is 15.4 Å². The Kier molecular flexibility index (Phi) is 3.65. The zero-order valence-electron chi connectivity index (χ0n) is 9.82. The quantitative estimate of drug-likeness (QED) is 0.833. The van der Waals surface area contributed by atoms with E-state index in [0.717, 1.165) is 25.1 Å². The number of rotatable bonds is 3. The van der Waals surface area contributed by atoms with E-state index < -0.39 is 0 Å². The van der Waals surface area contributed by atoms with Gasteiger partial charge in [-0.05, 0) is 31.0 Å². The van der Waals surface area contributed by atoms with E-state index in [0.29, 0.717) is 11.3 Å². The Morgan fingerprint density at radius 1 is 1.47 bits per heavy atom. The van der Waals surface area contributed by atoms with Crippen LogP contribution < -0.4 is 15.4 Å². The molecule has 4 nitrogen and oxygen atoms in total. The zero-order chi connectivity index (χ0) is 12.1. The van der Waals surface area contributed by atoms with Gasteiger partial charge in [0.1, 0.15) is 5.75 Å². The molecule has 1 aliphatic rings. The van der Waals surface area contributed by atoms with Crippen molar-refractivity contribution >= 4 is 5.91 Å². The molecule has 0 radical (unpaired) electrons. The normalized spacial score (nSPS) is 14.5. The molecular formula is C13H16N2O2.